The first-order valence-electron chi connectivity index (χ1n) is 9.63. The van der Waals surface area contributed by atoms with Crippen molar-refractivity contribution in [2.75, 3.05) is 39.3 Å². The van der Waals surface area contributed by atoms with Gasteiger partial charge in [0.05, 0.1) is 13.1 Å². The van der Waals surface area contributed by atoms with Crippen LogP contribution < -0.4 is 14.8 Å². The number of piperidine rings is 1. The van der Waals surface area contributed by atoms with Gasteiger partial charge in [0.2, 0.25) is 0 Å². The van der Waals surface area contributed by atoms with Crippen LogP contribution in [-0.4, -0.2) is 84.7 Å². The number of cyclic esters (lactones) is 1. The number of hydrogen-bond donors (Lipinski definition) is 2. The number of rotatable bonds is 5. The van der Waals surface area contributed by atoms with Crippen LogP contribution in [0.2, 0.25) is 0 Å². The van der Waals surface area contributed by atoms with Gasteiger partial charge in [0.1, 0.15) is 18.8 Å². The molecule has 0 spiro atoms. The Morgan fingerprint density at radius 1 is 1.18 bits per heavy atom. The Morgan fingerprint density at radius 2 is 2.00 bits per heavy atom. The number of amides is 2. The summed E-state index contributed by atoms with van der Waals surface area (Å²) in [6.45, 7) is 3.46. The van der Waals surface area contributed by atoms with E-state index in [9.17, 15) is 9.59 Å². The second-order valence-electron chi connectivity index (χ2n) is 7.40. The minimum atomic E-state index is -1.12. The smallest absolute Gasteiger partial charge is 0.410 e. The number of carboxylic acid groups (broad SMARTS) is 1. The van der Waals surface area contributed by atoms with Crippen molar-refractivity contribution in [3.05, 3.63) is 24.3 Å². The van der Waals surface area contributed by atoms with Crippen molar-refractivity contribution in [1.29, 1.82) is 0 Å². The van der Waals surface area contributed by atoms with Gasteiger partial charge in [-0.3, -0.25) is 4.90 Å². The zero-order valence-electron chi connectivity index (χ0n) is 15.6. The summed E-state index contributed by atoms with van der Waals surface area (Å²) in [6, 6.07) is 7.72. The molecule has 3 aliphatic heterocycles. The molecule has 0 bridgehead atoms. The summed E-state index contributed by atoms with van der Waals surface area (Å²) in [5, 5.41) is 11.0. The molecule has 0 radical (unpaired) electrons. The molecule has 0 aromatic heterocycles. The fourth-order valence-corrected chi connectivity index (χ4v) is 4.04. The van der Waals surface area contributed by atoms with Crippen molar-refractivity contribution in [2.24, 2.45) is 0 Å². The summed E-state index contributed by atoms with van der Waals surface area (Å²) in [6.07, 6.45) is -0.0753. The van der Waals surface area contributed by atoms with Gasteiger partial charge in [-0.05, 0) is 31.5 Å². The summed E-state index contributed by atoms with van der Waals surface area (Å²) in [5.41, 5.74) is 0. The van der Waals surface area contributed by atoms with E-state index >= 15 is 0 Å². The molecule has 2 amide bonds. The number of carbonyl (C=O) groups excluding carboxylic acids is 1. The summed E-state index contributed by atoms with van der Waals surface area (Å²) in [4.78, 5) is 26.9. The van der Waals surface area contributed by atoms with E-state index in [1.807, 2.05) is 24.3 Å². The fourth-order valence-electron chi connectivity index (χ4n) is 4.04. The van der Waals surface area contributed by atoms with E-state index in [1.54, 1.807) is 4.90 Å². The number of carbonyl (C=O) groups is 2. The fraction of sp³-hybridized carbons (Fsp3) is 0.579. The Labute approximate surface area is 163 Å². The lowest BCUT2D eigenvalue weighted by Gasteiger charge is -2.38. The molecule has 2 fully saturated rings. The summed E-state index contributed by atoms with van der Waals surface area (Å²) < 4.78 is 17.1. The van der Waals surface area contributed by atoms with Gasteiger partial charge < -0.3 is 29.5 Å². The molecule has 2 N–H and O–H groups in total. The standard InChI is InChI=1S/C19H25N3O6/c23-18(24)20-8-14-11-22(19(25)28-14)13-4-3-7-21(9-13)10-15-12-26-16-5-1-2-6-17(16)27-15/h1-2,5-6,13-15,20H,3-4,7-12H2,(H,23,24)/t13-,14?,15-/m0/s1. The highest BCUT2D eigenvalue weighted by Crippen LogP contribution is 2.31. The summed E-state index contributed by atoms with van der Waals surface area (Å²) >= 11 is 0. The van der Waals surface area contributed by atoms with Gasteiger partial charge in [0.25, 0.3) is 0 Å². The number of fused-ring (bicyclic) bond motifs is 1. The first kappa shape index (κ1) is 18.7. The second-order valence-corrected chi connectivity index (χ2v) is 7.40. The van der Waals surface area contributed by atoms with E-state index < -0.39 is 12.2 Å². The Balaban J connectivity index is 1.30. The molecule has 0 aliphatic carbocycles. The van der Waals surface area contributed by atoms with Crippen LogP contribution in [0, 0.1) is 0 Å². The minimum absolute atomic E-state index is 0.0494. The Morgan fingerprint density at radius 3 is 2.82 bits per heavy atom. The number of nitrogens with one attached hydrogen (secondary N) is 1. The van der Waals surface area contributed by atoms with Crippen LogP contribution in [0.3, 0.4) is 0 Å². The summed E-state index contributed by atoms with van der Waals surface area (Å²) in [5.74, 6) is 1.54. The van der Waals surface area contributed by atoms with Gasteiger partial charge in [-0.15, -0.1) is 0 Å². The molecule has 3 atom stereocenters. The highest BCUT2D eigenvalue weighted by atomic mass is 16.6. The van der Waals surface area contributed by atoms with Gasteiger partial charge in [-0.2, -0.15) is 0 Å². The summed E-state index contributed by atoms with van der Waals surface area (Å²) in [7, 11) is 0. The predicted octanol–water partition coefficient (Wildman–Crippen LogP) is 1.38. The molecule has 3 aliphatic rings. The normalized spacial score (nSPS) is 27.4. The Hall–Kier alpha value is -2.68. The number of ether oxygens (including phenoxy) is 3. The van der Waals surface area contributed by atoms with E-state index in [0.29, 0.717) is 13.2 Å². The SMILES string of the molecule is O=C(O)NCC1CN([C@H]2CCCN(C[C@H]3COc4ccccc4O3)C2)C(=O)O1. The monoisotopic (exact) mass is 391 g/mol. The molecule has 2 saturated heterocycles. The zero-order chi connectivity index (χ0) is 19.5. The third-order valence-corrected chi connectivity index (χ3v) is 5.33. The lowest BCUT2D eigenvalue weighted by molar-refractivity contribution is 0.0394. The predicted molar refractivity (Wildman–Crippen MR) is 98.8 cm³/mol. The molecule has 3 heterocycles. The van der Waals surface area contributed by atoms with E-state index in [4.69, 9.17) is 19.3 Å². The molecule has 0 saturated carbocycles. The van der Waals surface area contributed by atoms with Crippen LogP contribution in [0.15, 0.2) is 24.3 Å². The average molecular weight is 391 g/mol. The minimum Gasteiger partial charge on any atom is -0.486 e. The van der Waals surface area contributed by atoms with Crippen LogP contribution in [0.5, 0.6) is 11.5 Å². The molecular formula is C19H25N3O6. The molecule has 1 aromatic rings. The highest BCUT2D eigenvalue weighted by Gasteiger charge is 2.38. The van der Waals surface area contributed by atoms with Crippen molar-refractivity contribution in [3.8, 4) is 11.5 Å². The largest absolute Gasteiger partial charge is 0.486 e. The topological polar surface area (TPSA) is 101 Å². The number of hydrogen-bond acceptors (Lipinski definition) is 6. The molecule has 9 heteroatoms. The Kier molecular flexibility index (Phi) is 5.43. The Bertz CT molecular complexity index is 729. The first-order chi connectivity index (χ1) is 13.6. The van der Waals surface area contributed by atoms with Crippen molar-refractivity contribution >= 4 is 12.2 Å². The van der Waals surface area contributed by atoms with Gasteiger partial charge in [0, 0.05) is 19.1 Å². The third-order valence-electron chi connectivity index (χ3n) is 5.33. The maximum Gasteiger partial charge on any atom is 0.410 e. The molecule has 4 rings (SSSR count). The molecule has 1 unspecified atom stereocenters. The molecule has 9 nitrogen and oxygen atoms in total. The number of nitrogens with zero attached hydrogens (tertiary/aromatic N) is 2. The van der Waals surface area contributed by atoms with Crippen molar-refractivity contribution in [3.63, 3.8) is 0 Å². The van der Waals surface area contributed by atoms with Crippen LogP contribution in [-0.2, 0) is 4.74 Å². The highest BCUT2D eigenvalue weighted by molar-refractivity contribution is 5.70. The lowest BCUT2D eigenvalue weighted by atomic mass is 10.0. The number of likely N-dealkylation sites (tertiary alicyclic amines) is 1. The van der Waals surface area contributed by atoms with Crippen LogP contribution >= 0.6 is 0 Å². The van der Waals surface area contributed by atoms with Crippen molar-refractivity contribution in [2.45, 2.75) is 31.1 Å². The molecule has 1 aromatic carbocycles. The quantitative estimate of drug-likeness (QED) is 0.782. The molecular weight excluding hydrogens is 366 g/mol. The van der Waals surface area contributed by atoms with Crippen LogP contribution in [0.4, 0.5) is 9.59 Å². The third kappa shape index (κ3) is 4.24. The number of benzene rings is 1. The maximum atomic E-state index is 12.2. The van der Waals surface area contributed by atoms with Crippen LogP contribution in [0.25, 0.3) is 0 Å². The zero-order valence-corrected chi connectivity index (χ0v) is 15.6. The first-order valence-corrected chi connectivity index (χ1v) is 9.63. The van der Waals surface area contributed by atoms with Crippen molar-refractivity contribution in [1.82, 2.24) is 15.1 Å². The average Bonchev–Trinajstić information content (AvgIpc) is 3.07. The van der Waals surface area contributed by atoms with Gasteiger partial charge in [-0.1, -0.05) is 12.1 Å². The molecule has 28 heavy (non-hydrogen) atoms. The van der Waals surface area contributed by atoms with E-state index in [1.165, 1.54) is 0 Å². The number of para-hydroxylation sites is 2. The van der Waals surface area contributed by atoms with Crippen LogP contribution in [0.1, 0.15) is 12.8 Å². The molecule has 152 valence electrons. The van der Waals surface area contributed by atoms with Gasteiger partial charge in [-0.25, -0.2) is 9.59 Å². The maximum absolute atomic E-state index is 12.2. The van der Waals surface area contributed by atoms with E-state index in [0.717, 1.165) is 44.0 Å². The van der Waals surface area contributed by atoms with Gasteiger partial charge in [0.15, 0.2) is 11.5 Å². The van der Waals surface area contributed by atoms with E-state index in [-0.39, 0.29) is 24.8 Å². The lowest BCUT2D eigenvalue weighted by Crippen LogP contribution is -2.51. The van der Waals surface area contributed by atoms with E-state index in [2.05, 4.69) is 10.2 Å². The van der Waals surface area contributed by atoms with Gasteiger partial charge >= 0.3 is 12.2 Å². The second kappa shape index (κ2) is 8.14. The van der Waals surface area contributed by atoms with Crippen molar-refractivity contribution < 1.29 is 28.9 Å².